The monoisotopic (exact) mass is 262 g/mol. The minimum absolute atomic E-state index is 0.670. The van der Waals surface area contributed by atoms with E-state index in [1.54, 1.807) is 0 Å². The molecule has 1 heteroatoms. The molecule has 0 saturated heterocycles. The Morgan fingerprint density at radius 2 is 2.23 bits per heavy atom. The molecule has 0 saturated carbocycles. The SMILES string of the molecule is C=C[CH2][Pd][CH]1C=Cc2ccccc21. The zero-order valence-electron chi connectivity index (χ0n) is 7.35. The first-order chi connectivity index (χ1) is 6.42. The van der Waals surface area contributed by atoms with Gasteiger partial charge in [0.2, 0.25) is 0 Å². The molecule has 0 nitrogen and oxygen atoms in total. The van der Waals surface area contributed by atoms with E-state index in [9.17, 15) is 0 Å². The van der Waals surface area contributed by atoms with Gasteiger partial charge in [0, 0.05) is 0 Å². The van der Waals surface area contributed by atoms with E-state index in [4.69, 9.17) is 0 Å². The number of benzene rings is 1. The average Bonchev–Trinajstić information content (AvgIpc) is 2.58. The summed E-state index contributed by atoms with van der Waals surface area (Å²) in [5.74, 6) is 0. The van der Waals surface area contributed by atoms with E-state index in [1.165, 1.54) is 11.1 Å². The Labute approximate surface area is 87.5 Å². The molecule has 1 aromatic carbocycles. The van der Waals surface area contributed by atoms with Gasteiger partial charge in [-0.05, 0) is 0 Å². The maximum atomic E-state index is 3.77. The molecule has 0 heterocycles. The molecule has 0 bridgehead atoms. The fraction of sp³-hybridized carbons (Fsp3) is 0.167. The Hall–Kier alpha value is -0.638. The molecular weight excluding hydrogens is 251 g/mol. The van der Waals surface area contributed by atoms with Crippen molar-refractivity contribution in [1.29, 1.82) is 0 Å². The molecule has 0 N–H and O–H groups in total. The van der Waals surface area contributed by atoms with Gasteiger partial charge < -0.3 is 0 Å². The van der Waals surface area contributed by atoms with Crippen LogP contribution >= 0.6 is 0 Å². The Balaban J connectivity index is 2.18. The Morgan fingerprint density at radius 3 is 3.08 bits per heavy atom. The van der Waals surface area contributed by atoms with Gasteiger partial charge >= 0.3 is 87.5 Å². The molecule has 1 aromatic rings. The van der Waals surface area contributed by atoms with E-state index >= 15 is 0 Å². The second kappa shape index (κ2) is 4.05. The second-order valence-electron chi connectivity index (χ2n) is 2.90. The van der Waals surface area contributed by atoms with E-state index < -0.39 is 0 Å². The fourth-order valence-electron chi connectivity index (χ4n) is 1.43. The summed E-state index contributed by atoms with van der Waals surface area (Å²) in [4.78, 5) is 1.15. The van der Waals surface area contributed by atoms with Gasteiger partial charge in [-0.1, -0.05) is 0 Å². The van der Waals surface area contributed by atoms with E-state index in [0.29, 0.717) is 4.39 Å². The molecule has 0 radical (unpaired) electrons. The molecular formula is C12H12Pd. The van der Waals surface area contributed by atoms with Gasteiger partial charge in [-0.2, -0.15) is 0 Å². The van der Waals surface area contributed by atoms with Crippen molar-refractivity contribution in [2.24, 2.45) is 0 Å². The Bertz CT molecular complexity index is 339. The second-order valence-corrected chi connectivity index (χ2v) is 5.13. The van der Waals surface area contributed by atoms with Crippen molar-refractivity contribution in [2.45, 2.75) is 9.28 Å². The fourth-order valence-corrected chi connectivity index (χ4v) is 3.19. The summed E-state index contributed by atoms with van der Waals surface area (Å²) >= 11 is 0.753. The van der Waals surface area contributed by atoms with Crippen LogP contribution in [0.4, 0.5) is 0 Å². The summed E-state index contributed by atoms with van der Waals surface area (Å²) < 4.78 is 0.670. The first kappa shape index (κ1) is 8.94. The summed E-state index contributed by atoms with van der Waals surface area (Å²) in [6.07, 6.45) is 6.58. The van der Waals surface area contributed by atoms with Crippen LogP contribution in [0.25, 0.3) is 6.08 Å². The molecule has 0 spiro atoms. The Morgan fingerprint density at radius 1 is 1.38 bits per heavy atom. The summed E-state index contributed by atoms with van der Waals surface area (Å²) in [6, 6.07) is 8.65. The summed E-state index contributed by atoms with van der Waals surface area (Å²) in [6.45, 7) is 3.77. The van der Waals surface area contributed by atoms with Gasteiger partial charge in [0.15, 0.2) is 0 Å². The number of hydrogen-bond acceptors (Lipinski definition) is 0. The van der Waals surface area contributed by atoms with Crippen molar-refractivity contribution >= 4 is 6.08 Å². The van der Waals surface area contributed by atoms with Gasteiger partial charge in [0.25, 0.3) is 0 Å². The third-order valence-electron chi connectivity index (χ3n) is 2.01. The summed E-state index contributed by atoms with van der Waals surface area (Å²) in [5, 5.41) is 0. The van der Waals surface area contributed by atoms with Crippen LogP contribution in [0.2, 0.25) is 4.89 Å². The quantitative estimate of drug-likeness (QED) is 0.578. The van der Waals surface area contributed by atoms with Crippen LogP contribution in [-0.4, -0.2) is 0 Å². The zero-order chi connectivity index (χ0) is 9.10. The van der Waals surface area contributed by atoms with Gasteiger partial charge in [0.1, 0.15) is 0 Å². The molecule has 0 aliphatic heterocycles. The molecule has 70 valence electrons. The topological polar surface area (TPSA) is 0 Å². The van der Waals surface area contributed by atoms with Crippen molar-refractivity contribution < 1.29 is 18.0 Å². The Kier molecular flexibility index (Phi) is 2.78. The summed E-state index contributed by atoms with van der Waals surface area (Å²) in [7, 11) is 0. The summed E-state index contributed by atoms with van der Waals surface area (Å²) in [5.41, 5.74) is 2.90. The molecule has 1 aliphatic carbocycles. The van der Waals surface area contributed by atoms with Crippen molar-refractivity contribution in [3.05, 3.63) is 54.1 Å². The number of hydrogen-bond donors (Lipinski definition) is 0. The van der Waals surface area contributed by atoms with Gasteiger partial charge in [0.05, 0.1) is 0 Å². The minimum atomic E-state index is 0.670. The first-order valence-corrected chi connectivity index (χ1v) is 6.29. The molecule has 0 aromatic heterocycles. The van der Waals surface area contributed by atoms with Gasteiger partial charge in [-0.3, -0.25) is 0 Å². The van der Waals surface area contributed by atoms with Gasteiger partial charge in [-0.25, -0.2) is 0 Å². The molecule has 1 atom stereocenters. The first-order valence-electron chi connectivity index (χ1n) is 4.29. The average molecular weight is 263 g/mol. The van der Waals surface area contributed by atoms with Crippen LogP contribution in [-0.2, 0) is 18.0 Å². The van der Waals surface area contributed by atoms with Crippen molar-refractivity contribution in [2.75, 3.05) is 0 Å². The number of fused-ring (bicyclic) bond motifs is 1. The molecule has 1 aliphatic rings. The third-order valence-corrected chi connectivity index (χ3v) is 4.29. The predicted octanol–water partition coefficient (Wildman–Crippen LogP) is 3.44. The molecule has 13 heavy (non-hydrogen) atoms. The third kappa shape index (κ3) is 1.82. The van der Waals surface area contributed by atoms with Gasteiger partial charge in [-0.15, -0.1) is 0 Å². The van der Waals surface area contributed by atoms with Crippen molar-refractivity contribution in [3.8, 4) is 0 Å². The standard InChI is InChI=1S/C9H7.C3H5.Pd/c1-2-5-9-7-3-6-8(9)4-1;1-3-2;/h1-7H;3H,1-2H2;. The van der Waals surface area contributed by atoms with E-state index in [-0.39, 0.29) is 0 Å². The van der Waals surface area contributed by atoms with E-state index in [0.717, 1.165) is 22.9 Å². The van der Waals surface area contributed by atoms with Crippen LogP contribution in [0, 0.1) is 0 Å². The molecule has 0 fully saturated rings. The van der Waals surface area contributed by atoms with Crippen molar-refractivity contribution in [3.63, 3.8) is 0 Å². The number of rotatable bonds is 3. The predicted molar refractivity (Wildman–Crippen MR) is 53.2 cm³/mol. The number of allylic oxidation sites excluding steroid dienone is 2. The normalized spacial score (nSPS) is 18.9. The van der Waals surface area contributed by atoms with Crippen molar-refractivity contribution in [1.82, 2.24) is 0 Å². The van der Waals surface area contributed by atoms with Crippen LogP contribution in [0.5, 0.6) is 0 Å². The van der Waals surface area contributed by atoms with E-state index in [1.807, 2.05) is 6.08 Å². The molecule has 0 amide bonds. The maximum absolute atomic E-state index is 3.77. The van der Waals surface area contributed by atoms with Crippen LogP contribution < -0.4 is 0 Å². The van der Waals surface area contributed by atoms with E-state index in [2.05, 4.69) is 43.0 Å². The van der Waals surface area contributed by atoms with Crippen LogP contribution in [0.1, 0.15) is 15.5 Å². The van der Waals surface area contributed by atoms with Crippen LogP contribution in [0.3, 0.4) is 0 Å². The molecule has 1 unspecified atom stereocenters. The zero-order valence-corrected chi connectivity index (χ0v) is 8.90. The molecule has 2 rings (SSSR count). The van der Waals surface area contributed by atoms with Crippen LogP contribution in [0.15, 0.2) is 43.0 Å².